The maximum absolute atomic E-state index is 13.0. The molecule has 0 fully saturated rings. The van der Waals surface area contributed by atoms with Gasteiger partial charge in [0.15, 0.2) is 0 Å². The molecule has 2 aromatic carbocycles. The van der Waals surface area contributed by atoms with E-state index in [1.807, 2.05) is 26.0 Å². The lowest BCUT2D eigenvalue weighted by Gasteiger charge is -2.15. The predicted octanol–water partition coefficient (Wildman–Crippen LogP) is 4.64. The van der Waals surface area contributed by atoms with Crippen molar-refractivity contribution >= 4 is 21.6 Å². The van der Waals surface area contributed by atoms with E-state index in [4.69, 9.17) is 0 Å². The first-order valence-corrected chi connectivity index (χ1v) is 11.4. The van der Waals surface area contributed by atoms with Crippen LogP contribution in [0.3, 0.4) is 0 Å². The average molecular weight is 413 g/mol. The fourth-order valence-corrected chi connectivity index (χ4v) is 4.83. The lowest BCUT2D eigenvalue weighted by Crippen LogP contribution is -2.26. The van der Waals surface area contributed by atoms with E-state index in [9.17, 15) is 13.2 Å². The van der Waals surface area contributed by atoms with Crippen LogP contribution in [0, 0.1) is 20.8 Å². The van der Waals surface area contributed by atoms with Crippen molar-refractivity contribution in [3.05, 3.63) is 70.3 Å². The van der Waals surface area contributed by atoms with E-state index in [1.54, 1.807) is 25.1 Å². The fourth-order valence-electron chi connectivity index (χ4n) is 3.44. The number of carbonyl (C=O) groups excluding carboxylic acids is 1. The van der Waals surface area contributed by atoms with E-state index >= 15 is 0 Å². The van der Waals surface area contributed by atoms with Gasteiger partial charge < -0.3 is 5.32 Å². The van der Waals surface area contributed by atoms with Gasteiger partial charge in [-0.2, -0.15) is 0 Å². The summed E-state index contributed by atoms with van der Waals surface area (Å²) in [5, 5.41) is 2.91. The first kappa shape index (κ1) is 21.1. The highest BCUT2D eigenvalue weighted by atomic mass is 32.2. The van der Waals surface area contributed by atoms with Gasteiger partial charge in [-0.15, -0.1) is 0 Å². The van der Waals surface area contributed by atoms with Crippen LogP contribution in [-0.4, -0.2) is 20.9 Å². The zero-order chi connectivity index (χ0) is 21.0. The van der Waals surface area contributed by atoms with Crippen LogP contribution < -0.4 is 10.0 Å². The molecule has 0 bridgehead atoms. The zero-order valence-electron chi connectivity index (χ0n) is 17.2. The average Bonchev–Trinajstić information content (AvgIpc) is 2.69. The van der Waals surface area contributed by atoms with Gasteiger partial charge in [0.1, 0.15) is 0 Å². The molecular weight excluding hydrogens is 384 g/mol. The third kappa shape index (κ3) is 5.26. The Morgan fingerprint density at radius 3 is 2.48 bits per heavy atom. The number of rotatable bonds is 6. The molecule has 0 atom stereocenters. The van der Waals surface area contributed by atoms with E-state index in [-0.39, 0.29) is 10.8 Å². The summed E-state index contributed by atoms with van der Waals surface area (Å²) in [5.41, 5.74) is 4.52. The molecule has 0 aliphatic heterocycles. The lowest BCUT2D eigenvalue weighted by atomic mass is 9.99. The van der Waals surface area contributed by atoms with Crippen LogP contribution in [-0.2, 0) is 10.0 Å². The summed E-state index contributed by atoms with van der Waals surface area (Å²) in [5.74, 6) is -0.264. The predicted molar refractivity (Wildman–Crippen MR) is 117 cm³/mol. The van der Waals surface area contributed by atoms with Crippen molar-refractivity contribution in [3.63, 3.8) is 0 Å². The van der Waals surface area contributed by atoms with Crippen molar-refractivity contribution in [1.29, 1.82) is 0 Å². The number of carbonyl (C=O) groups is 1. The van der Waals surface area contributed by atoms with Crippen molar-refractivity contribution in [2.75, 3.05) is 11.3 Å². The van der Waals surface area contributed by atoms with Crippen LogP contribution in [0.5, 0.6) is 0 Å². The van der Waals surface area contributed by atoms with Gasteiger partial charge >= 0.3 is 0 Å². The number of sulfonamides is 1. The van der Waals surface area contributed by atoms with Gasteiger partial charge in [-0.1, -0.05) is 29.8 Å². The van der Waals surface area contributed by atoms with Crippen LogP contribution in [0.2, 0.25) is 0 Å². The number of amides is 1. The van der Waals surface area contributed by atoms with Gasteiger partial charge in [0.25, 0.3) is 15.9 Å². The van der Waals surface area contributed by atoms with Crippen molar-refractivity contribution in [3.8, 4) is 0 Å². The number of benzene rings is 2. The van der Waals surface area contributed by atoms with Crippen molar-refractivity contribution in [1.82, 2.24) is 5.32 Å². The molecule has 1 aliphatic carbocycles. The number of hydrogen-bond donors (Lipinski definition) is 2. The SMILES string of the molecule is Cc1ccc(C)c(NS(=O)(=O)c2cc(C(=O)NCC3=CCCCC3)ccc2C)c1. The Labute approximate surface area is 173 Å². The van der Waals surface area contributed by atoms with Gasteiger partial charge in [0, 0.05) is 12.1 Å². The van der Waals surface area contributed by atoms with E-state index in [0.29, 0.717) is 23.4 Å². The quantitative estimate of drug-likeness (QED) is 0.679. The zero-order valence-corrected chi connectivity index (χ0v) is 18.0. The number of anilines is 1. The first-order chi connectivity index (χ1) is 13.8. The third-order valence-corrected chi connectivity index (χ3v) is 6.75. The smallest absolute Gasteiger partial charge is 0.262 e. The van der Waals surface area contributed by atoms with E-state index in [1.165, 1.54) is 18.1 Å². The Balaban J connectivity index is 1.81. The summed E-state index contributed by atoms with van der Waals surface area (Å²) in [6.45, 7) is 6.00. The molecule has 0 heterocycles. The van der Waals surface area contributed by atoms with E-state index in [0.717, 1.165) is 30.4 Å². The van der Waals surface area contributed by atoms with Gasteiger partial charge in [-0.25, -0.2) is 8.42 Å². The Hall–Kier alpha value is -2.60. The minimum absolute atomic E-state index is 0.114. The van der Waals surface area contributed by atoms with Gasteiger partial charge in [-0.05, 0) is 81.3 Å². The van der Waals surface area contributed by atoms with Crippen molar-refractivity contribution < 1.29 is 13.2 Å². The maximum Gasteiger partial charge on any atom is 0.262 e. The summed E-state index contributed by atoms with van der Waals surface area (Å²) >= 11 is 0. The summed E-state index contributed by atoms with van der Waals surface area (Å²) in [6, 6.07) is 10.4. The maximum atomic E-state index is 13.0. The molecule has 5 nitrogen and oxygen atoms in total. The Morgan fingerprint density at radius 1 is 1.00 bits per heavy atom. The fraction of sp³-hybridized carbons (Fsp3) is 0.348. The molecule has 0 spiro atoms. The number of nitrogens with one attached hydrogen (secondary N) is 2. The molecule has 0 aromatic heterocycles. The molecule has 1 amide bonds. The number of hydrogen-bond acceptors (Lipinski definition) is 3. The highest BCUT2D eigenvalue weighted by Gasteiger charge is 2.20. The molecular formula is C23H28N2O3S. The molecule has 3 rings (SSSR count). The molecule has 0 radical (unpaired) electrons. The third-order valence-electron chi connectivity index (χ3n) is 5.24. The van der Waals surface area contributed by atoms with Gasteiger partial charge in [0.05, 0.1) is 10.6 Å². The van der Waals surface area contributed by atoms with E-state index in [2.05, 4.69) is 16.1 Å². The van der Waals surface area contributed by atoms with Crippen LogP contribution in [0.4, 0.5) is 5.69 Å². The highest BCUT2D eigenvalue weighted by molar-refractivity contribution is 7.92. The first-order valence-electron chi connectivity index (χ1n) is 9.93. The molecule has 0 saturated carbocycles. The minimum atomic E-state index is -3.82. The molecule has 2 aromatic rings. The molecule has 6 heteroatoms. The standard InChI is InChI=1S/C23H28N2O3S/c1-16-9-10-17(2)21(13-16)25-29(27,28)22-14-20(12-11-18(22)3)23(26)24-15-19-7-5-4-6-8-19/h7,9-14,25H,4-6,8,15H2,1-3H3,(H,24,26). The van der Waals surface area contributed by atoms with Gasteiger partial charge in [-0.3, -0.25) is 9.52 Å². The Kier molecular flexibility index (Phi) is 6.42. The number of allylic oxidation sites excluding steroid dienone is 1. The second kappa shape index (κ2) is 8.82. The van der Waals surface area contributed by atoms with Gasteiger partial charge in [0.2, 0.25) is 0 Å². The monoisotopic (exact) mass is 412 g/mol. The van der Waals surface area contributed by atoms with Crippen LogP contribution >= 0.6 is 0 Å². The Morgan fingerprint density at radius 2 is 1.76 bits per heavy atom. The van der Waals surface area contributed by atoms with Crippen molar-refractivity contribution in [2.45, 2.75) is 51.3 Å². The largest absolute Gasteiger partial charge is 0.348 e. The Bertz CT molecular complexity index is 1060. The summed E-state index contributed by atoms with van der Waals surface area (Å²) < 4.78 is 28.7. The summed E-state index contributed by atoms with van der Waals surface area (Å²) in [7, 11) is -3.82. The highest BCUT2D eigenvalue weighted by Crippen LogP contribution is 2.24. The molecule has 2 N–H and O–H groups in total. The minimum Gasteiger partial charge on any atom is -0.348 e. The molecule has 29 heavy (non-hydrogen) atoms. The normalized spacial score (nSPS) is 14.2. The molecule has 0 unspecified atom stereocenters. The molecule has 154 valence electrons. The van der Waals surface area contributed by atoms with Crippen LogP contribution in [0.25, 0.3) is 0 Å². The number of aryl methyl sites for hydroxylation is 3. The van der Waals surface area contributed by atoms with Crippen LogP contribution in [0.15, 0.2) is 52.9 Å². The lowest BCUT2D eigenvalue weighted by molar-refractivity contribution is 0.0956. The summed E-state index contributed by atoms with van der Waals surface area (Å²) in [6.07, 6.45) is 6.60. The molecule has 1 aliphatic rings. The summed E-state index contributed by atoms with van der Waals surface area (Å²) in [4.78, 5) is 12.7. The second-order valence-electron chi connectivity index (χ2n) is 7.69. The molecule has 0 saturated heterocycles. The van der Waals surface area contributed by atoms with E-state index < -0.39 is 10.0 Å². The second-order valence-corrected chi connectivity index (χ2v) is 9.35. The van der Waals surface area contributed by atoms with Crippen molar-refractivity contribution in [2.24, 2.45) is 0 Å². The topological polar surface area (TPSA) is 75.3 Å². The van der Waals surface area contributed by atoms with Crippen LogP contribution in [0.1, 0.15) is 52.7 Å².